The van der Waals surface area contributed by atoms with Crippen molar-refractivity contribution in [1.82, 2.24) is 5.16 Å². The van der Waals surface area contributed by atoms with Crippen LogP contribution in [0.5, 0.6) is 0 Å². The zero-order valence-corrected chi connectivity index (χ0v) is 12.0. The Morgan fingerprint density at radius 3 is 2.53 bits per heavy atom. The minimum absolute atomic E-state index is 0.102. The van der Waals surface area contributed by atoms with Crippen LogP contribution in [0.1, 0.15) is 10.5 Å². The minimum atomic E-state index is -3.37. The van der Waals surface area contributed by atoms with Gasteiger partial charge in [0.05, 0.1) is 4.90 Å². The Morgan fingerprint density at radius 2 is 2.00 bits per heavy atom. The van der Waals surface area contributed by atoms with Gasteiger partial charge in [-0.1, -0.05) is 21.1 Å². The van der Waals surface area contributed by atoms with Gasteiger partial charge < -0.3 is 9.63 Å². The number of benzene rings is 1. The van der Waals surface area contributed by atoms with E-state index >= 15 is 0 Å². The van der Waals surface area contributed by atoms with Crippen molar-refractivity contribution >= 4 is 31.7 Å². The number of nitrogens with zero attached hydrogens (tertiary/aromatic N) is 1. The average Bonchev–Trinajstić information content (AvgIpc) is 2.76. The Labute approximate surface area is 117 Å². The molecule has 1 aromatic heterocycles. The molecule has 0 spiro atoms. The zero-order valence-electron chi connectivity index (χ0n) is 9.62. The summed E-state index contributed by atoms with van der Waals surface area (Å²) in [4.78, 5) is 10.8. The van der Waals surface area contributed by atoms with Crippen LogP contribution in [0.25, 0.3) is 11.3 Å². The Balaban J connectivity index is 2.56. The highest BCUT2D eigenvalue weighted by molar-refractivity contribution is 9.10. The molecule has 0 aliphatic heterocycles. The van der Waals surface area contributed by atoms with E-state index in [1.165, 1.54) is 18.2 Å². The molecule has 0 atom stereocenters. The lowest BCUT2D eigenvalue weighted by atomic mass is 10.1. The molecule has 0 saturated heterocycles. The fourth-order valence-electron chi connectivity index (χ4n) is 1.43. The molecule has 0 bridgehead atoms. The third kappa shape index (κ3) is 3.02. The first-order chi connectivity index (χ1) is 8.77. The molecule has 100 valence electrons. The van der Waals surface area contributed by atoms with E-state index in [2.05, 4.69) is 21.1 Å². The first-order valence-corrected chi connectivity index (χ1v) is 7.67. The minimum Gasteiger partial charge on any atom is -0.476 e. The van der Waals surface area contributed by atoms with E-state index in [9.17, 15) is 13.2 Å². The maximum Gasteiger partial charge on any atom is 0.358 e. The van der Waals surface area contributed by atoms with E-state index in [1.807, 2.05) is 0 Å². The number of carbonyl (C=O) groups is 1. The number of aromatic carboxylic acids is 1. The lowest BCUT2D eigenvalue weighted by molar-refractivity contribution is 0.0686. The highest BCUT2D eigenvalue weighted by Crippen LogP contribution is 2.27. The lowest BCUT2D eigenvalue weighted by Gasteiger charge is -2.02. The normalized spacial score (nSPS) is 11.5. The smallest absolute Gasteiger partial charge is 0.358 e. The molecule has 0 unspecified atom stereocenters. The Bertz CT molecular complexity index is 750. The van der Waals surface area contributed by atoms with E-state index in [1.54, 1.807) is 6.07 Å². The predicted octanol–water partition coefficient (Wildman–Crippen LogP) is 2.21. The van der Waals surface area contributed by atoms with Crippen LogP contribution in [0.3, 0.4) is 0 Å². The van der Waals surface area contributed by atoms with Crippen LogP contribution < -0.4 is 0 Å². The Kier molecular flexibility index (Phi) is 3.46. The molecule has 6 nitrogen and oxygen atoms in total. The number of carboxylic acid groups (broad SMARTS) is 1. The molecule has 0 aliphatic rings. The van der Waals surface area contributed by atoms with Gasteiger partial charge in [-0.3, -0.25) is 0 Å². The van der Waals surface area contributed by atoms with Crippen molar-refractivity contribution in [1.29, 1.82) is 0 Å². The second kappa shape index (κ2) is 4.78. The quantitative estimate of drug-likeness (QED) is 0.915. The van der Waals surface area contributed by atoms with Gasteiger partial charge in [0.15, 0.2) is 21.3 Å². The number of hydrogen-bond donors (Lipinski definition) is 1. The second-order valence-corrected chi connectivity index (χ2v) is 6.76. The van der Waals surface area contributed by atoms with Gasteiger partial charge >= 0.3 is 5.97 Å². The first kappa shape index (κ1) is 13.8. The third-order valence-corrected chi connectivity index (χ3v) is 3.86. The standard InChI is InChI=1S/C11H8BrNO5S/c1-19(16,17)8-3-6(2-7(12)4-8)10-5-9(11(14)15)13-18-10/h2-5H,1H3,(H,14,15). The summed E-state index contributed by atoms with van der Waals surface area (Å²) in [6, 6.07) is 5.69. The molecule has 0 saturated carbocycles. The predicted molar refractivity (Wildman–Crippen MR) is 69.7 cm³/mol. The Morgan fingerprint density at radius 1 is 1.32 bits per heavy atom. The highest BCUT2D eigenvalue weighted by Gasteiger charge is 2.15. The summed E-state index contributed by atoms with van der Waals surface area (Å²) in [5.41, 5.74) is 0.186. The number of halogens is 1. The van der Waals surface area contributed by atoms with Gasteiger partial charge in [0, 0.05) is 22.4 Å². The third-order valence-electron chi connectivity index (χ3n) is 2.31. The fourth-order valence-corrected chi connectivity index (χ4v) is 2.76. The molecule has 8 heteroatoms. The van der Waals surface area contributed by atoms with Crippen molar-refractivity contribution in [2.24, 2.45) is 0 Å². The number of sulfone groups is 1. The van der Waals surface area contributed by atoms with Gasteiger partial charge in [-0.2, -0.15) is 0 Å². The van der Waals surface area contributed by atoms with Gasteiger partial charge in [-0.15, -0.1) is 0 Å². The molecule has 19 heavy (non-hydrogen) atoms. The van der Waals surface area contributed by atoms with Gasteiger partial charge in [0.1, 0.15) is 0 Å². The van der Waals surface area contributed by atoms with Crippen LogP contribution >= 0.6 is 15.9 Å². The topological polar surface area (TPSA) is 97.5 Å². The molecular weight excluding hydrogens is 338 g/mol. The van der Waals surface area contributed by atoms with Gasteiger partial charge in [-0.05, 0) is 18.2 Å². The summed E-state index contributed by atoms with van der Waals surface area (Å²) >= 11 is 3.20. The fraction of sp³-hybridized carbons (Fsp3) is 0.0909. The van der Waals surface area contributed by atoms with Crippen LogP contribution in [0.15, 0.2) is 38.2 Å². The van der Waals surface area contributed by atoms with Crippen LogP contribution in [-0.2, 0) is 9.84 Å². The second-order valence-electron chi connectivity index (χ2n) is 3.83. The largest absolute Gasteiger partial charge is 0.476 e. The summed E-state index contributed by atoms with van der Waals surface area (Å²) in [6.07, 6.45) is 1.08. The summed E-state index contributed by atoms with van der Waals surface area (Å²) in [5.74, 6) is -1.03. The van der Waals surface area contributed by atoms with Crippen LogP contribution in [0.4, 0.5) is 0 Å². The number of hydrogen-bond acceptors (Lipinski definition) is 5. The molecule has 0 radical (unpaired) electrons. The Hall–Kier alpha value is -1.67. The summed E-state index contributed by atoms with van der Waals surface area (Å²) < 4.78 is 28.5. The molecule has 1 aromatic carbocycles. The summed E-state index contributed by atoms with van der Waals surface area (Å²) in [6.45, 7) is 0. The van der Waals surface area contributed by atoms with Crippen molar-refractivity contribution in [3.8, 4) is 11.3 Å². The maximum atomic E-state index is 11.5. The van der Waals surface area contributed by atoms with Crippen molar-refractivity contribution in [2.45, 2.75) is 4.90 Å². The monoisotopic (exact) mass is 345 g/mol. The summed E-state index contributed by atoms with van der Waals surface area (Å²) in [5, 5.41) is 12.1. The molecule has 0 fully saturated rings. The van der Waals surface area contributed by atoms with E-state index in [-0.39, 0.29) is 16.3 Å². The molecule has 1 N–H and O–H groups in total. The van der Waals surface area contributed by atoms with Gasteiger partial charge in [0.25, 0.3) is 0 Å². The lowest BCUT2D eigenvalue weighted by Crippen LogP contribution is -1.97. The number of rotatable bonds is 3. The summed E-state index contributed by atoms with van der Waals surface area (Å²) in [7, 11) is -3.37. The van der Waals surface area contributed by atoms with Gasteiger partial charge in [0.2, 0.25) is 0 Å². The van der Waals surface area contributed by atoms with Crippen LogP contribution in [0.2, 0.25) is 0 Å². The molecule has 2 aromatic rings. The van der Waals surface area contributed by atoms with E-state index in [0.717, 1.165) is 6.26 Å². The maximum absolute atomic E-state index is 11.5. The number of carboxylic acids is 1. The van der Waals surface area contributed by atoms with Crippen molar-refractivity contribution in [3.63, 3.8) is 0 Å². The molecule has 0 amide bonds. The van der Waals surface area contributed by atoms with Crippen molar-refractivity contribution < 1.29 is 22.8 Å². The van der Waals surface area contributed by atoms with Crippen molar-refractivity contribution in [2.75, 3.05) is 6.26 Å². The highest BCUT2D eigenvalue weighted by atomic mass is 79.9. The zero-order chi connectivity index (χ0) is 14.2. The molecular formula is C11H8BrNO5S. The van der Waals surface area contributed by atoms with Crippen LogP contribution in [0, 0.1) is 0 Å². The van der Waals surface area contributed by atoms with Gasteiger partial charge in [-0.25, -0.2) is 13.2 Å². The van der Waals surface area contributed by atoms with E-state index < -0.39 is 15.8 Å². The van der Waals surface area contributed by atoms with E-state index in [0.29, 0.717) is 10.0 Å². The average molecular weight is 346 g/mol. The number of aromatic nitrogens is 1. The van der Waals surface area contributed by atoms with Crippen LogP contribution in [-0.4, -0.2) is 30.9 Å². The molecule has 2 rings (SSSR count). The van der Waals surface area contributed by atoms with Crippen molar-refractivity contribution in [3.05, 3.63) is 34.4 Å². The van der Waals surface area contributed by atoms with E-state index in [4.69, 9.17) is 9.63 Å². The molecule has 0 aliphatic carbocycles. The SMILES string of the molecule is CS(=O)(=O)c1cc(Br)cc(-c2cc(C(=O)O)no2)c1. The molecule has 1 heterocycles. The first-order valence-electron chi connectivity index (χ1n) is 4.98.